The van der Waals surface area contributed by atoms with Crippen molar-refractivity contribution >= 4 is 21.6 Å². The molecule has 0 fully saturated rings. The summed E-state index contributed by atoms with van der Waals surface area (Å²) in [7, 11) is 0. The molecule has 0 atom stereocenters. The van der Waals surface area contributed by atoms with Gasteiger partial charge in [0.05, 0.1) is 15.2 Å². The van der Waals surface area contributed by atoms with Crippen LogP contribution < -0.4 is 0 Å². The van der Waals surface area contributed by atoms with Crippen LogP contribution in [0.2, 0.25) is 0 Å². The minimum absolute atomic E-state index is 0.310. The normalized spacial score (nSPS) is 10.9. The largest absolute Gasteiger partial charge is 0.508 e. The van der Waals surface area contributed by atoms with E-state index in [1.165, 1.54) is 10.3 Å². The molecule has 3 rings (SSSR count). The first-order valence-electron chi connectivity index (χ1n) is 5.85. The molecule has 3 aromatic rings. The molecule has 0 amide bonds. The topological polar surface area (TPSA) is 33.1 Å². The van der Waals surface area contributed by atoms with Crippen LogP contribution in [0.15, 0.2) is 42.5 Å². The van der Waals surface area contributed by atoms with E-state index in [2.05, 4.69) is 30.1 Å². The fourth-order valence-electron chi connectivity index (χ4n) is 2.05. The van der Waals surface area contributed by atoms with Gasteiger partial charge in [-0.3, -0.25) is 0 Å². The molecule has 1 aromatic heterocycles. The van der Waals surface area contributed by atoms with Gasteiger partial charge in [0.15, 0.2) is 0 Å². The minimum atomic E-state index is 0.310. The SMILES string of the molecule is Cc1cccc2sc(Cc3cccc(O)c3)nc12. The molecule has 0 aliphatic carbocycles. The summed E-state index contributed by atoms with van der Waals surface area (Å²) in [4.78, 5) is 4.67. The summed E-state index contributed by atoms with van der Waals surface area (Å²) in [5.74, 6) is 0.310. The Labute approximate surface area is 110 Å². The van der Waals surface area contributed by atoms with Crippen LogP contribution in [-0.4, -0.2) is 10.1 Å². The number of fused-ring (bicyclic) bond motifs is 1. The lowest BCUT2D eigenvalue weighted by molar-refractivity contribution is 0.474. The van der Waals surface area contributed by atoms with Gasteiger partial charge in [-0.05, 0) is 36.2 Å². The zero-order chi connectivity index (χ0) is 12.5. The predicted octanol–water partition coefficient (Wildman–Crippen LogP) is 3.90. The van der Waals surface area contributed by atoms with Gasteiger partial charge in [0.1, 0.15) is 5.75 Å². The summed E-state index contributed by atoms with van der Waals surface area (Å²) >= 11 is 1.72. The van der Waals surface area contributed by atoms with Crippen LogP contribution >= 0.6 is 11.3 Å². The third-order valence-corrected chi connectivity index (χ3v) is 3.95. The summed E-state index contributed by atoms with van der Waals surface area (Å²) in [6.07, 6.45) is 0.771. The molecule has 0 aliphatic rings. The number of hydrogen-bond acceptors (Lipinski definition) is 3. The van der Waals surface area contributed by atoms with Gasteiger partial charge in [-0.2, -0.15) is 0 Å². The fraction of sp³-hybridized carbons (Fsp3) is 0.133. The van der Waals surface area contributed by atoms with Crippen molar-refractivity contribution in [3.05, 3.63) is 58.6 Å². The highest BCUT2D eigenvalue weighted by molar-refractivity contribution is 7.18. The smallest absolute Gasteiger partial charge is 0.115 e. The maximum Gasteiger partial charge on any atom is 0.115 e. The molecule has 0 bridgehead atoms. The Morgan fingerprint density at radius 3 is 2.78 bits per heavy atom. The number of aromatic nitrogens is 1. The zero-order valence-electron chi connectivity index (χ0n) is 10.1. The number of thiazole rings is 1. The second kappa shape index (κ2) is 4.42. The van der Waals surface area contributed by atoms with Crippen molar-refractivity contribution < 1.29 is 5.11 Å². The van der Waals surface area contributed by atoms with Crippen molar-refractivity contribution in [1.82, 2.24) is 4.98 Å². The van der Waals surface area contributed by atoms with Crippen LogP contribution in [0.4, 0.5) is 0 Å². The minimum Gasteiger partial charge on any atom is -0.508 e. The van der Waals surface area contributed by atoms with Crippen LogP contribution in [0, 0.1) is 6.92 Å². The van der Waals surface area contributed by atoms with E-state index in [1.807, 2.05) is 12.1 Å². The van der Waals surface area contributed by atoms with Gasteiger partial charge in [-0.1, -0.05) is 24.3 Å². The highest BCUT2D eigenvalue weighted by Gasteiger charge is 2.06. The lowest BCUT2D eigenvalue weighted by atomic mass is 10.1. The Hall–Kier alpha value is -1.87. The number of nitrogens with zero attached hydrogens (tertiary/aromatic N) is 1. The van der Waals surface area contributed by atoms with Crippen LogP contribution in [0.5, 0.6) is 5.75 Å². The van der Waals surface area contributed by atoms with E-state index in [0.717, 1.165) is 22.5 Å². The summed E-state index contributed by atoms with van der Waals surface area (Å²) in [5.41, 5.74) is 3.40. The molecule has 1 N–H and O–H groups in total. The first-order valence-corrected chi connectivity index (χ1v) is 6.67. The Balaban J connectivity index is 1.98. The monoisotopic (exact) mass is 255 g/mol. The number of aryl methyl sites for hydroxylation is 1. The highest BCUT2D eigenvalue weighted by Crippen LogP contribution is 2.26. The maximum absolute atomic E-state index is 9.46. The van der Waals surface area contributed by atoms with Gasteiger partial charge in [0.2, 0.25) is 0 Å². The first kappa shape index (κ1) is 11.2. The number of para-hydroxylation sites is 1. The quantitative estimate of drug-likeness (QED) is 0.753. The number of phenols is 1. The highest BCUT2D eigenvalue weighted by atomic mass is 32.1. The lowest BCUT2D eigenvalue weighted by Gasteiger charge is -1.98. The molecule has 0 spiro atoms. The zero-order valence-corrected chi connectivity index (χ0v) is 10.9. The Bertz CT molecular complexity index is 703. The molecule has 90 valence electrons. The van der Waals surface area contributed by atoms with E-state index < -0.39 is 0 Å². The van der Waals surface area contributed by atoms with Gasteiger partial charge >= 0.3 is 0 Å². The van der Waals surface area contributed by atoms with Crippen LogP contribution in [-0.2, 0) is 6.42 Å². The van der Waals surface area contributed by atoms with E-state index in [-0.39, 0.29) is 0 Å². The van der Waals surface area contributed by atoms with Crippen LogP contribution in [0.3, 0.4) is 0 Å². The Kier molecular flexibility index (Phi) is 2.76. The standard InChI is InChI=1S/C15H13NOS/c1-10-4-2-7-13-15(10)16-14(18-13)9-11-5-3-6-12(17)8-11/h2-8,17H,9H2,1H3. The van der Waals surface area contributed by atoms with Crippen molar-refractivity contribution in [1.29, 1.82) is 0 Å². The second-order valence-electron chi connectivity index (χ2n) is 4.38. The number of benzene rings is 2. The lowest BCUT2D eigenvalue weighted by Crippen LogP contribution is -1.86. The van der Waals surface area contributed by atoms with E-state index in [1.54, 1.807) is 23.5 Å². The summed E-state index contributed by atoms with van der Waals surface area (Å²) in [6.45, 7) is 2.08. The summed E-state index contributed by atoms with van der Waals surface area (Å²) in [5, 5.41) is 10.5. The van der Waals surface area contributed by atoms with E-state index in [9.17, 15) is 5.11 Å². The molecule has 0 radical (unpaired) electrons. The number of hydrogen-bond donors (Lipinski definition) is 1. The van der Waals surface area contributed by atoms with Crippen molar-refractivity contribution in [3.8, 4) is 5.75 Å². The van der Waals surface area contributed by atoms with Crippen LogP contribution in [0.1, 0.15) is 16.1 Å². The average molecular weight is 255 g/mol. The third-order valence-electron chi connectivity index (χ3n) is 2.93. The molecule has 2 nitrogen and oxygen atoms in total. The van der Waals surface area contributed by atoms with Crippen molar-refractivity contribution in [2.45, 2.75) is 13.3 Å². The molecule has 0 aliphatic heterocycles. The third kappa shape index (κ3) is 2.09. The van der Waals surface area contributed by atoms with Crippen LogP contribution in [0.25, 0.3) is 10.2 Å². The van der Waals surface area contributed by atoms with Crippen molar-refractivity contribution in [2.24, 2.45) is 0 Å². The molecule has 0 saturated heterocycles. The maximum atomic E-state index is 9.46. The molecule has 0 unspecified atom stereocenters. The van der Waals surface area contributed by atoms with E-state index >= 15 is 0 Å². The fourth-order valence-corrected chi connectivity index (χ4v) is 3.13. The number of rotatable bonds is 2. The second-order valence-corrected chi connectivity index (χ2v) is 5.49. The first-order chi connectivity index (χ1) is 8.72. The predicted molar refractivity (Wildman–Crippen MR) is 75.3 cm³/mol. The van der Waals surface area contributed by atoms with Gasteiger partial charge in [0.25, 0.3) is 0 Å². The molecular weight excluding hydrogens is 242 g/mol. The molecule has 0 saturated carbocycles. The molecule has 18 heavy (non-hydrogen) atoms. The van der Waals surface area contributed by atoms with E-state index in [0.29, 0.717) is 5.75 Å². The van der Waals surface area contributed by atoms with E-state index in [4.69, 9.17) is 0 Å². The van der Waals surface area contributed by atoms with Gasteiger partial charge in [-0.15, -0.1) is 11.3 Å². The number of aromatic hydroxyl groups is 1. The molecular formula is C15H13NOS. The summed E-state index contributed by atoms with van der Waals surface area (Å²) < 4.78 is 1.23. The number of phenolic OH excluding ortho intramolecular Hbond substituents is 1. The van der Waals surface area contributed by atoms with Crippen molar-refractivity contribution in [2.75, 3.05) is 0 Å². The van der Waals surface area contributed by atoms with Crippen molar-refractivity contribution in [3.63, 3.8) is 0 Å². The molecule has 2 aromatic carbocycles. The summed E-state index contributed by atoms with van der Waals surface area (Å²) in [6, 6.07) is 13.6. The Morgan fingerprint density at radius 1 is 1.17 bits per heavy atom. The van der Waals surface area contributed by atoms with Gasteiger partial charge in [0, 0.05) is 6.42 Å². The Morgan fingerprint density at radius 2 is 2.00 bits per heavy atom. The average Bonchev–Trinajstić information content (AvgIpc) is 2.73. The molecule has 3 heteroatoms. The van der Waals surface area contributed by atoms with Gasteiger partial charge in [-0.25, -0.2) is 4.98 Å². The molecule has 1 heterocycles. The van der Waals surface area contributed by atoms with Gasteiger partial charge < -0.3 is 5.11 Å².